The number of likely N-dealkylation sites (N-methyl/N-ethyl adjacent to an activating group) is 1. The maximum absolute atomic E-state index is 10.7. The molecule has 0 saturated carbocycles. The molecule has 21 heavy (non-hydrogen) atoms. The standard InChI is InChI=1S/C17H23NO3/c1-18-9-8-11-4-2-6-13-16(11)14(18)10-12(17(13)21)5-3-7-15(19)20/h2,4,6,12,14,17,21H,3,5,7-10H2,1H3,(H,19,20). The summed E-state index contributed by atoms with van der Waals surface area (Å²) in [5.74, 6) is -0.588. The molecule has 2 aliphatic rings. The number of nitrogens with zero attached hydrogens (tertiary/aromatic N) is 1. The van der Waals surface area contributed by atoms with E-state index in [9.17, 15) is 9.90 Å². The molecule has 2 N–H and O–H groups in total. The molecular formula is C17H23NO3. The van der Waals surface area contributed by atoms with Gasteiger partial charge >= 0.3 is 5.97 Å². The third-order valence-corrected chi connectivity index (χ3v) is 5.09. The topological polar surface area (TPSA) is 60.8 Å². The van der Waals surface area contributed by atoms with E-state index in [1.807, 2.05) is 12.1 Å². The zero-order valence-corrected chi connectivity index (χ0v) is 12.5. The van der Waals surface area contributed by atoms with E-state index >= 15 is 0 Å². The van der Waals surface area contributed by atoms with E-state index in [2.05, 4.69) is 18.0 Å². The minimum Gasteiger partial charge on any atom is -0.481 e. The molecule has 0 spiro atoms. The Morgan fingerprint density at radius 1 is 1.43 bits per heavy atom. The van der Waals surface area contributed by atoms with Crippen LogP contribution in [-0.2, 0) is 11.2 Å². The largest absolute Gasteiger partial charge is 0.481 e. The summed E-state index contributed by atoms with van der Waals surface area (Å²) >= 11 is 0. The highest BCUT2D eigenvalue weighted by Gasteiger charge is 2.38. The molecule has 3 rings (SSSR count). The summed E-state index contributed by atoms with van der Waals surface area (Å²) < 4.78 is 0. The fraction of sp³-hybridized carbons (Fsp3) is 0.588. The van der Waals surface area contributed by atoms with Crippen LogP contribution < -0.4 is 0 Å². The van der Waals surface area contributed by atoms with E-state index in [-0.39, 0.29) is 12.3 Å². The highest BCUT2D eigenvalue weighted by atomic mass is 16.4. The molecule has 0 radical (unpaired) electrons. The lowest BCUT2D eigenvalue weighted by Gasteiger charge is -2.43. The first-order valence-corrected chi connectivity index (χ1v) is 7.79. The van der Waals surface area contributed by atoms with Crippen LogP contribution in [0.2, 0.25) is 0 Å². The molecule has 0 saturated heterocycles. The fourth-order valence-electron chi connectivity index (χ4n) is 3.95. The smallest absolute Gasteiger partial charge is 0.303 e. The number of benzene rings is 1. The Balaban J connectivity index is 1.84. The van der Waals surface area contributed by atoms with Gasteiger partial charge in [0.1, 0.15) is 0 Å². The molecule has 3 unspecified atom stereocenters. The van der Waals surface area contributed by atoms with Crippen molar-refractivity contribution in [3.8, 4) is 0 Å². The van der Waals surface area contributed by atoms with E-state index in [4.69, 9.17) is 5.11 Å². The highest BCUT2D eigenvalue weighted by Crippen LogP contribution is 2.47. The zero-order valence-electron chi connectivity index (χ0n) is 12.5. The first-order chi connectivity index (χ1) is 10.1. The van der Waals surface area contributed by atoms with Gasteiger partial charge in [-0.05, 0) is 55.3 Å². The van der Waals surface area contributed by atoms with Crippen molar-refractivity contribution in [1.29, 1.82) is 0 Å². The number of aliphatic hydroxyl groups is 1. The minimum absolute atomic E-state index is 0.164. The average Bonchev–Trinajstić information content (AvgIpc) is 2.46. The van der Waals surface area contributed by atoms with Crippen molar-refractivity contribution in [2.24, 2.45) is 5.92 Å². The minimum atomic E-state index is -0.752. The number of hydrogen-bond acceptors (Lipinski definition) is 3. The molecule has 4 heteroatoms. The Kier molecular flexibility index (Phi) is 4.00. The van der Waals surface area contributed by atoms with Crippen molar-refractivity contribution in [2.45, 2.75) is 44.2 Å². The third kappa shape index (κ3) is 2.70. The van der Waals surface area contributed by atoms with Crippen LogP contribution in [0.15, 0.2) is 18.2 Å². The van der Waals surface area contributed by atoms with Crippen molar-refractivity contribution < 1.29 is 15.0 Å². The lowest BCUT2D eigenvalue weighted by Crippen LogP contribution is -2.38. The van der Waals surface area contributed by atoms with Crippen molar-refractivity contribution >= 4 is 5.97 Å². The number of carbonyl (C=O) groups is 1. The van der Waals surface area contributed by atoms with E-state index in [1.165, 1.54) is 11.1 Å². The summed E-state index contributed by atoms with van der Waals surface area (Å²) in [4.78, 5) is 13.1. The first-order valence-electron chi connectivity index (χ1n) is 7.79. The predicted octanol–water partition coefficient (Wildman–Crippen LogP) is 2.52. The molecule has 0 fully saturated rings. The molecule has 1 aromatic carbocycles. The zero-order chi connectivity index (χ0) is 15.0. The Labute approximate surface area is 125 Å². The van der Waals surface area contributed by atoms with Crippen LogP contribution in [0, 0.1) is 5.92 Å². The van der Waals surface area contributed by atoms with Gasteiger partial charge in [-0.2, -0.15) is 0 Å². The van der Waals surface area contributed by atoms with E-state index < -0.39 is 12.1 Å². The summed E-state index contributed by atoms with van der Waals surface area (Å²) in [5.41, 5.74) is 3.77. The Morgan fingerprint density at radius 3 is 3.00 bits per heavy atom. The van der Waals surface area contributed by atoms with Crippen LogP contribution in [0.5, 0.6) is 0 Å². The molecule has 1 aliphatic carbocycles. The molecule has 0 amide bonds. The monoisotopic (exact) mass is 289 g/mol. The number of aliphatic hydroxyl groups excluding tert-OH is 1. The summed E-state index contributed by atoms with van der Waals surface area (Å²) in [7, 11) is 2.15. The molecule has 1 heterocycles. The average molecular weight is 289 g/mol. The maximum Gasteiger partial charge on any atom is 0.303 e. The van der Waals surface area contributed by atoms with Gasteiger partial charge in [-0.1, -0.05) is 18.2 Å². The Bertz CT molecular complexity index is 543. The number of carboxylic acids is 1. The second-order valence-corrected chi connectivity index (χ2v) is 6.39. The number of aliphatic carboxylic acids is 1. The van der Waals surface area contributed by atoms with Gasteiger partial charge in [0, 0.05) is 19.0 Å². The van der Waals surface area contributed by atoms with Gasteiger partial charge in [-0.3, -0.25) is 9.69 Å². The fourth-order valence-corrected chi connectivity index (χ4v) is 3.95. The molecular weight excluding hydrogens is 266 g/mol. The van der Waals surface area contributed by atoms with Crippen LogP contribution in [0.4, 0.5) is 0 Å². The second-order valence-electron chi connectivity index (χ2n) is 6.39. The number of hydrogen-bond donors (Lipinski definition) is 2. The molecule has 4 nitrogen and oxygen atoms in total. The Morgan fingerprint density at radius 2 is 2.24 bits per heavy atom. The molecule has 114 valence electrons. The SMILES string of the molecule is CN1CCc2cccc3c2C1CC(CCCC(=O)O)C3O. The number of carboxylic acid groups (broad SMARTS) is 1. The van der Waals surface area contributed by atoms with Crippen molar-refractivity contribution in [3.63, 3.8) is 0 Å². The van der Waals surface area contributed by atoms with Crippen LogP contribution in [0.25, 0.3) is 0 Å². The molecule has 3 atom stereocenters. The Hall–Kier alpha value is -1.39. The van der Waals surface area contributed by atoms with Crippen molar-refractivity contribution in [3.05, 3.63) is 34.9 Å². The lowest BCUT2D eigenvalue weighted by atomic mass is 9.73. The molecule has 0 aromatic heterocycles. The van der Waals surface area contributed by atoms with Crippen LogP contribution in [-0.4, -0.2) is 34.7 Å². The van der Waals surface area contributed by atoms with Gasteiger partial charge in [-0.25, -0.2) is 0 Å². The van der Waals surface area contributed by atoms with Crippen molar-refractivity contribution in [2.75, 3.05) is 13.6 Å². The van der Waals surface area contributed by atoms with Gasteiger partial charge in [0.15, 0.2) is 0 Å². The van der Waals surface area contributed by atoms with E-state index in [0.29, 0.717) is 12.5 Å². The van der Waals surface area contributed by atoms with Crippen LogP contribution in [0.1, 0.15) is 54.5 Å². The second kappa shape index (κ2) is 5.78. The molecule has 1 aromatic rings. The number of rotatable bonds is 4. The summed E-state index contributed by atoms with van der Waals surface area (Å²) in [5, 5.41) is 19.5. The van der Waals surface area contributed by atoms with Crippen molar-refractivity contribution in [1.82, 2.24) is 4.90 Å². The lowest BCUT2D eigenvalue weighted by molar-refractivity contribution is -0.137. The third-order valence-electron chi connectivity index (χ3n) is 5.09. The van der Waals surface area contributed by atoms with Gasteiger partial charge < -0.3 is 10.2 Å². The summed E-state index contributed by atoms with van der Waals surface area (Å²) in [6.07, 6.45) is 3.14. The van der Waals surface area contributed by atoms with Gasteiger partial charge in [0.05, 0.1) is 6.10 Å². The van der Waals surface area contributed by atoms with Gasteiger partial charge in [0.2, 0.25) is 0 Å². The molecule has 0 bridgehead atoms. The summed E-state index contributed by atoms with van der Waals surface area (Å²) in [6, 6.07) is 6.64. The van der Waals surface area contributed by atoms with E-state index in [1.54, 1.807) is 0 Å². The highest BCUT2D eigenvalue weighted by molar-refractivity contribution is 5.66. The predicted molar refractivity (Wildman–Crippen MR) is 80.1 cm³/mol. The quantitative estimate of drug-likeness (QED) is 0.894. The first kappa shape index (κ1) is 14.5. The summed E-state index contributed by atoms with van der Waals surface area (Å²) in [6.45, 7) is 1.05. The van der Waals surface area contributed by atoms with Gasteiger partial charge in [-0.15, -0.1) is 0 Å². The normalized spacial score (nSPS) is 28.2. The maximum atomic E-state index is 10.7. The van der Waals surface area contributed by atoms with Gasteiger partial charge in [0.25, 0.3) is 0 Å². The van der Waals surface area contributed by atoms with E-state index in [0.717, 1.165) is 31.4 Å². The van der Waals surface area contributed by atoms with Crippen LogP contribution >= 0.6 is 0 Å². The van der Waals surface area contributed by atoms with Crippen LogP contribution in [0.3, 0.4) is 0 Å². The molecule has 1 aliphatic heterocycles.